The van der Waals surface area contributed by atoms with Crippen LogP contribution in [0.1, 0.15) is 5.56 Å². The molecule has 1 amide bonds. The Bertz CT molecular complexity index is 972. The summed E-state index contributed by atoms with van der Waals surface area (Å²) < 4.78 is 32.2. The number of piperazine rings is 1. The number of nitrogens with zero attached hydrogens (tertiary/aromatic N) is 3. The average Bonchev–Trinajstić information content (AvgIpc) is 2.74. The summed E-state index contributed by atoms with van der Waals surface area (Å²) >= 11 is 0. The van der Waals surface area contributed by atoms with E-state index < -0.39 is 20.6 Å². The predicted molar refractivity (Wildman–Crippen MR) is 105 cm³/mol. The molecule has 0 spiro atoms. The van der Waals surface area contributed by atoms with Gasteiger partial charge in [0.25, 0.3) is 5.69 Å². The number of benzene rings is 2. The molecule has 0 aliphatic carbocycles. The van der Waals surface area contributed by atoms with Gasteiger partial charge in [-0.05, 0) is 11.6 Å². The molecule has 0 atom stereocenters. The average molecular weight is 419 g/mol. The molecule has 1 aliphatic heterocycles. The molecule has 2 aromatic rings. The number of nitro benzene ring substituents is 1. The van der Waals surface area contributed by atoms with Crippen LogP contribution in [0.5, 0.6) is 0 Å². The number of amides is 1. The van der Waals surface area contributed by atoms with Gasteiger partial charge in [-0.2, -0.15) is 4.31 Å². The highest BCUT2D eigenvalue weighted by atomic mass is 32.2. The SMILES string of the molecule is O=C(COCc1ccccc1)N1CCN(S(=O)(=O)c2ccccc2[N+](=O)[O-])CC1. The van der Waals surface area contributed by atoms with Crippen molar-refractivity contribution in [3.8, 4) is 0 Å². The lowest BCUT2D eigenvalue weighted by molar-refractivity contribution is -0.387. The molecule has 1 heterocycles. The number of sulfonamides is 1. The molecule has 2 aromatic carbocycles. The summed E-state index contributed by atoms with van der Waals surface area (Å²) in [7, 11) is -4.02. The molecule has 1 fully saturated rings. The second-order valence-electron chi connectivity index (χ2n) is 6.49. The van der Waals surface area contributed by atoms with Gasteiger partial charge in [-0.15, -0.1) is 0 Å². The van der Waals surface area contributed by atoms with Crippen LogP contribution >= 0.6 is 0 Å². The summed E-state index contributed by atoms with van der Waals surface area (Å²) in [6, 6.07) is 14.7. The molecular weight excluding hydrogens is 398 g/mol. The van der Waals surface area contributed by atoms with E-state index in [1.165, 1.54) is 27.4 Å². The summed E-state index contributed by atoms with van der Waals surface area (Å²) in [4.78, 5) is 23.9. The van der Waals surface area contributed by atoms with Crippen LogP contribution < -0.4 is 0 Å². The molecular formula is C19H21N3O6S. The second-order valence-corrected chi connectivity index (χ2v) is 8.39. The van der Waals surface area contributed by atoms with Crippen molar-refractivity contribution in [3.63, 3.8) is 0 Å². The van der Waals surface area contributed by atoms with Crippen LogP contribution in [0, 0.1) is 10.1 Å². The van der Waals surface area contributed by atoms with Crippen LogP contribution in [0.2, 0.25) is 0 Å². The number of nitro groups is 1. The third-order valence-corrected chi connectivity index (χ3v) is 6.55. The van der Waals surface area contributed by atoms with E-state index in [1.807, 2.05) is 30.3 Å². The Kier molecular flexibility index (Phi) is 6.57. The maximum atomic E-state index is 12.8. The highest BCUT2D eigenvalue weighted by molar-refractivity contribution is 7.89. The van der Waals surface area contributed by atoms with Gasteiger partial charge in [-0.1, -0.05) is 42.5 Å². The minimum absolute atomic E-state index is 0.0683. The van der Waals surface area contributed by atoms with E-state index in [4.69, 9.17) is 4.74 Å². The van der Waals surface area contributed by atoms with Gasteiger partial charge in [0, 0.05) is 32.2 Å². The highest BCUT2D eigenvalue weighted by Gasteiger charge is 2.34. The summed E-state index contributed by atoms with van der Waals surface area (Å²) in [5, 5.41) is 11.2. The van der Waals surface area contributed by atoms with Crippen molar-refractivity contribution in [2.75, 3.05) is 32.8 Å². The van der Waals surface area contributed by atoms with E-state index in [2.05, 4.69) is 0 Å². The summed E-state index contributed by atoms with van der Waals surface area (Å²) in [6.45, 7) is 0.767. The number of hydrogen-bond acceptors (Lipinski definition) is 6. The van der Waals surface area contributed by atoms with Crippen LogP contribution in [-0.4, -0.2) is 61.2 Å². The zero-order chi connectivity index (χ0) is 20.9. The summed E-state index contributed by atoms with van der Waals surface area (Å²) in [5.74, 6) is -0.219. The molecule has 9 nitrogen and oxygen atoms in total. The minimum atomic E-state index is -4.02. The zero-order valence-electron chi connectivity index (χ0n) is 15.6. The van der Waals surface area contributed by atoms with Gasteiger partial charge >= 0.3 is 0 Å². The predicted octanol–water partition coefficient (Wildman–Crippen LogP) is 1.64. The van der Waals surface area contributed by atoms with Gasteiger partial charge in [0.05, 0.1) is 11.5 Å². The van der Waals surface area contributed by atoms with Crippen LogP contribution in [-0.2, 0) is 26.2 Å². The number of rotatable bonds is 7. The maximum absolute atomic E-state index is 12.8. The molecule has 29 heavy (non-hydrogen) atoms. The van der Waals surface area contributed by atoms with Crippen molar-refractivity contribution < 1.29 is 22.9 Å². The van der Waals surface area contributed by atoms with E-state index in [-0.39, 0.29) is 43.6 Å². The Morgan fingerprint density at radius 3 is 2.28 bits per heavy atom. The fraction of sp³-hybridized carbons (Fsp3) is 0.316. The Hall–Kier alpha value is -2.82. The molecule has 0 radical (unpaired) electrons. The molecule has 0 unspecified atom stereocenters. The number of para-hydroxylation sites is 1. The lowest BCUT2D eigenvalue weighted by Crippen LogP contribution is -2.51. The highest BCUT2D eigenvalue weighted by Crippen LogP contribution is 2.26. The molecule has 0 aromatic heterocycles. The molecule has 3 rings (SSSR count). The van der Waals surface area contributed by atoms with Crippen molar-refractivity contribution in [1.29, 1.82) is 0 Å². The zero-order valence-corrected chi connectivity index (χ0v) is 16.5. The first-order chi connectivity index (χ1) is 13.9. The molecule has 0 saturated carbocycles. The van der Waals surface area contributed by atoms with Crippen molar-refractivity contribution in [2.24, 2.45) is 0 Å². The van der Waals surface area contributed by atoms with E-state index in [9.17, 15) is 23.3 Å². The van der Waals surface area contributed by atoms with Crippen molar-refractivity contribution in [1.82, 2.24) is 9.21 Å². The monoisotopic (exact) mass is 419 g/mol. The van der Waals surface area contributed by atoms with E-state index >= 15 is 0 Å². The Morgan fingerprint density at radius 1 is 1.00 bits per heavy atom. The molecule has 0 N–H and O–H groups in total. The van der Waals surface area contributed by atoms with Crippen LogP contribution in [0.3, 0.4) is 0 Å². The van der Waals surface area contributed by atoms with Crippen molar-refractivity contribution in [3.05, 3.63) is 70.3 Å². The normalized spacial score (nSPS) is 15.2. The molecule has 154 valence electrons. The van der Waals surface area contributed by atoms with E-state index in [1.54, 1.807) is 0 Å². The molecule has 0 bridgehead atoms. The summed E-state index contributed by atoms with van der Waals surface area (Å²) in [6.07, 6.45) is 0. The van der Waals surface area contributed by atoms with Crippen LogP contribution in [0.25, 0.3) is 0 Å². The number of carbonyl (C=O) groups excluding carboxylic acids is 1. The number of hydrogen-bond donors (Lipinski definition) is 0. The quantitative estimate of drug-likeness (QED) is 0.498. The summed E-state index contributed by atoms with van der Waals surface area (Å²) in [5.41, 5.74) is 0.501. The molecule has 1 aliphatic rings. The minimum Gasteiger partial charge on any atom is -0.367 e. The van der Waals surface area contributed by atoms with Crippen molar-refractivity contribution >= 4 is 21.6 Å². The molecule has 1 saturated heterocycles. The van der Waals surface area contributed by atoms with E-state index in [0.29, 0.717) is 6.61 Å². The standard InChI is InChI=1S/C19H21N3O6S/c23-19(15-28-14-16-6-2-1-3-7-16)20-10-12-21(13-11-20)29(26,27)18-9-5-4-8-17(18)22(24)25/h1-9H,10-15H2. The Labute approximate surface area is 168 Å². The van der Waals surface area contributed by atoms with Crippen molar-refractivity contribution in [2.45, 2.75) is 11.5 Å². The smallest absolute Gasteiger partial charge is 0.289 e. The molecule has 10 heteroatoms. The third kappa shape index (κ3) is 4.97. The van der Waals surface area contributed by atoms with Gasteiger partial charge in [-0.3, -0.25) is 14.9 Å². The van der Waals surface area contributed by atoms with Gasteiger partial charge < -0.3 is 9.64 Å². The number of carbonyl (C=O) groups is 1. The largest absolute Gasteiger partial charge is 0.367 e. The third-order valence-electron chi connectivity index (χ3n) is 4.61. The first kappa shape index (κ1) is 20.9. The van der Waals surface area contributed by atoms with Crippen LogP contribution in [0.4, 0.5) is 5.69 Å². The fourth-order valence-corrected chi connectivity index (χ4v) is 4.64. The first-order valence-electron chi connectivity index (χ1n) is 9.02. The van der Waals surface area contributed by atoms with E-state index in [0.717, 1.165) is 11.6 Å². The lowest BCUT2D eigenvalue weighted by atomic mass is 10.2. The number of ether oxygens (including phenoxy) is 1. The Morgan fingerprint density at radius 2 is 1.62 bits per heavy atom. The van der Waals surface area contributed by atoms with Gasteiger partial charge in [0.15, 0.2) is 4.90 Å². The lowest BCUT2D eigenvalue weighted by Gasteiger charge is -2.33. The first-order valence-corrected chi connectivity index (χ1v) is 10.5. The van der Waals surface area contributed by atoms with Gasteiger partial charge in [0.1, 0.15) is 6.61 Å². The Balaban J connectivity index is 1.56. The maximum Gasteiger partial charge on any atom is 0.289 e. The topological polar surface area (TPSA) is 110 Å². The second kappa shape index (κ2) is 9.12. The fourth-order valence-electron chi connectivity index (χ4n) is 3.06. The van der Waals surface area contributed by atoms with Gasteiger partial charge in [0.2, 0.25) is 15.9 Å². The van der Waals surface area contributed by atoms with Crippen LogP contribution in [0.15, 0.2) is 59.5 Å². The van der Waals surface area contributed by atoms with Gasteiger partial charge in [-0.25, -0.2) is 8.42 Å².